The maximum Gasteiger partial charge on any atom is 0.141 e. The number of nitrogens with one attached hydrogen (secondary N) is 1. The highest BCUT2D eigenvalue weighted by Crippen LogP contribution is 2.29. The molecule has 4 aromatic rings. The molecule has 0 aliphatic carbocycles. The number of fused-ring (bicyclic) bond motifs is 1. The normalized spacial score (nSPS) is 14.1. The maximum atomic E-state index is 6.09. The zero-order chi connectivity index (χ0) is 20.3. The van der Waals surface area contributed by atoms with Gasteiger partial charge >= 0.3 is 0 Å². The first-order chi connectivity index (χ1) is 14.8. The Hall–Kier alpha value is -3.22. The molecule has 2 aromatic heterocycles. The molecule has 1 aliphatic rings. The number of aromatic nitrogens is 3. The lowest BCUT2D eigenvalue weighted by molar-refractivity contribution is 0.122. The van der Waals surface area contributed by atoms with E-state index in [0.717, 1.165) is 65.7 Å². The van der Waals surface area contributed by atoms with Crippen LogP contribution in [0.5, 0.6) is 0 Å². The zero-order valence-electron chi connectivity index (χ0n) is 16.3. The molecule has 1 N–H and O–H groups in total. The number of pyridine rings is 1. The molecule has 1 fully saturated rings. The third-order valence-electron chi connectivity index (χ3n) is 5.14. The van der Waals surface area contributed by atoms with E-state index in [1.54, 1.807) is 6.33 Å². The van der Waals surface area contributed by atoms with Gasteiger partial charge in [0.15, 0.2) is 0 Å². The smallest absolute Gasteiger partial charge is 0.141 e. The molecule has 5 rings (SSSR count). The Kier molecular flexibility index (Phi) is 5.17. The summed E-state index contributed by atoms with van der Waals surface area (Å²) < 4.78 is 5.41. The quantitative estimate of drug-likeness (QED) is 0.508. The van der Waals surface area contributed by atoms with Crippen LogP contribution < -0.4 is 10.2 Å². The van der Waals surface area contributed by atoms with Crippen LogP contribution in [0.1, 0.15) is 0 Å². The van der Waals surface area contributed by atoms with Gasteiger partial charge in [0.05, 0.1) is 18.7 Å². The van der Waals surface area contributed by atoms with Gasteiger partial charge in [-0.25, -0.2) is 15.0 Å². The van der Waals surface area contributed by atoms with Crippen molar-refractivity contribution in [1.82, 2.24) is 15.0 Å². The van der Waals surface area contributed by atoms with Crippen molar-refractivity contribution in [1.29, 1.82) is 0 Å². The Labute approximate surface area is 179 Å². The van der Waals surface area contributed by atoms with E-state index in [4.69, 9.17) is 16.3 Å². The van der Waals surface area contributed by atoms with E-state index >= 15 is 0 Å². The minimum Gasteiger partial charge on any atom is -0.378 e. The molecule has 0 saturated carbocycles. The summed E-state index contributed by atoms with van der Waals surface area (Å²) >= 11 is 6.09. The highest BCUT2D eigenvalue weighted by Gasteiger charge is 2.13. The number of hydrogen-bond acceptors (Lipinski definition) is 6. The molecule has 0 atom stereocenters. The van der Waals surface area contributed by atoms with Crippen molar-refractivity contribution in [2.45, 2.75) is 0 Å². The molecule has 0 bridgehead atoms. The van der Waals surface area contributed by atoms with Gasteiger partial charge in [-0.1, -0.05) is 23.7 Å². The predicted octanol–water partition coefficient (Wildman–Crippen LogP) is 4.93. The minimum absolute atomic E-state index is 0.675. The number of hydrogen-bond donors (Lipinski definition) is 1. The lowest BCUT2D eigenvalue weighted by Crippen LogP contribution is -2.36. The third kappa shape index (κ3) is 3.92. The van der Waals surface area contributed by atoms with Gasteiger partial charge in [-0.15, -0.1) is 0 Å². The van der Waals surface area contributed by atoms with E-state index in [2.05, 4.69) is 49.4 Å². The van der Waals surface area contributed by atoms with Crippen molar-refractivity contribution in [2.75, 3.05) is 36.5 Å². The lowest BCUT2D eigenvalue weighted by atomic mass is 10.1. The fourth-order valence-electron chi connectivity index (χ4n) is 3.58. The molecule has 1 aliphatic heterocycles. The monoisotopic (exact) mass is 417 g/mol. The number of nitrogens with zero attached hydrogens (tertiary/aromatic N) is 4. The van der Waals surface area contributed by atoms with Crippen LogP contribution in [0.3, 0.4) is 0 Å². The van der Waals surface area contributed by atoms with E-state index in [-0.39, 0.29) is 0 Å². The second-order valence-electron chi connectivity index (χ2n) is 7.09. The van der Waals surface area contributed by atoms with Crippen LogP contribution in [0.25, 0.3) is 22.0 Å². The number of ether oxygens (including phenoxy) is 1. The van der Waals surface area contributed by atoms with E-state index < -0.39 is 0 Å². The molecular formula is C23H20ClN5O. The van der Waals surface area contributed by atoms with Crippen molar-refractivity contribution in [3.63, 3.8) is 0 Å². The predicted molar refractivity (Wildman–Crippen MR) is 121 cm³/mol. The van der Waals surface area contributed by atoms with Gasteiger partial charge in [-0.05, 0) is 48.0 Å². The number of benzene rings is 2. The van der Waals surface area contributed by atoms with Gasteiger partial charge in [0, 0.05) is 40.9 Å². The highest BCUT2D eigenvalue weighted by molar-refractivity contribution is 6.30. The molecule has 0 unspecified atom stereocenters. The van der Waals surface area contributed by atoms with Crippen LogP contribution in [0.15, 0.2) is 67.1 Å². The van der Waals surface area contributed by atoms with Gasteiger partial charge in [0.1, 0.15) is 18.0 Å². The van der Waals surface area contributed by atoms with Crippen LogP contribution >= 0.6 is 11.6 Å². The zero-order valence-corrected chi connectivity index (χ0v) is 17.0. The average molecular weight is 418 g/mol. The average Bonchev–Trinajstić information content (AvgIpc) is 2.80. The van der Waals surface area contributed by atoms with E-state index in [9.17, 15) is 0 Å². The summed E-state index contributed by atoms with van der Waals surface area (Å²) in [6.45, 7) is 3.25. The third-order valence-corrected chi connectivity index (χ3v) is 5.38. The Morgan fingerprint density at radius 2 is 1.77 bits per heavy atom. The first kappa shape index (κ1) is 18.8. The molecule has 0 radical (unpaired) electrons. The van der Waals surface area contributed by atoms with Gasteiger partial charge in [-0.3, -0.25) is 0 Å². The fraction of sp³-hybridized carbons (Fsp3) is 0.174. The minimum atomic E-state index is 0.675. The van der Waals surface area contributed by atoms with Crippen molar-refractivity contribution < 1.29 is 4.74 Å². The van der Waals surface area contributed by atoms with Gasteiger partial charge in [0.25, 0.3) is 0 Å². The van der Waals surface area contributed by atoms with Crippen molar-refractivity contribution >= 4 is 39.8 Å². The first-order valence-electron chi connectivity index (χ1n) is 9.83. The number of halogens is 1. The molecular weight excluding hydrogens is 398 g/mol. The van der Waals surface area contributed by atoms with Crippen LogP contribution in [-0.4, -0.2) is 41.3 Å². The summed E-state index contributed by atoms with van der Waals surface area (Å²) in [4.78, 5) is 15.8. The summed E-state index contributed by atoms with van der Waals surface area (Å²) in [5, 5.41) is 4.95. The van der Waals surface area contributed by atoms with Gasteiger partial charge < -0.3 is 15.0 Å². The molecule has 30 heavy (non-hydrogen) atoms. The maximum absolute atomic E-state index is 6.09. The van der Waals surface area contributed by atoms with Crippen LogP contribution in [0, 0.1) is 0 Å². The summed E-state index contributed by atoms with van der Waals surface area (Å²) in [5.41, 5.74) is 3.87. The molecule has 3 heterocycles. The second kappa shape index (κ2) is 8.26. The van der Waals surface area contributed by atoms with Crippen LogP contribution in [0.2, 0.25) is 5.02 Å². The van der Waals surface area contributed by atoms with Gasteiger partial charge in [-0.2, -0.15) is 0 Å². The van der Waals surface area contributed by atoms with E-state index in [1.807, 2.05) is 36.5 Å². The first-order valence-corrected chi connectivity index (χ1v) is 10.2. The number of morpholine rings is 1. The molecule has 2 aromatic carbocycles. The summed E-state index contributed by atoms with van der Waals surface area (Å²) in [6.07, 6.45) is 3.48. The molecule has 6 nitrogen and oxygen atoms in total. The van der Waals surface area contributed by atoms with Crippen molar-refractivity contribution in [2.24, 2.45) is 0 Å². The van der Waals surface area contributed by atoms with Crippen LogP contribution in [0.4, 0.5) is 17.3 Å². The summed E-state index contributed by atoms with van der Waals surface area (Å²) in [6, 6.07) is 17.9. The summed E-state index contributed by atoms with van der Waals surface area (Å²) in [5.74, 6) is 1.73. The Balaban J connectivity index is 1.42. The van der Waals surface area contributed by atoms with E-state index in [1.165, 1.54) is 0 Å². The van der Waals surface area contributed by atoms with Crippen LogP contribution in [-0.2, 0) is 4.74 Å². The standard InChI is InChI=1S/C23H20ClN5O/c24-18-2-1-3-19(13-18)28-23-20-6-4-16(12-21(20)26-15-27-23)17-5-7-22(25-14-17)29-8-10-30-11-9-29/h1-7,12-15H,8-11H2,(H,26,27,28). The molecule has 7 heteroatoms. The number of rotatable bonds is 4. The lowest BCUT2D eigenvalue weighted by Gasteiger charge is -2.27. The molecule has 0 spiro atoms. The SMILES string of the molecule is Clc1cccc(Nc2ncnc3cc(-c4ccc(N5CCOCC5)nc4)ccc23)c1. The second-order valence-corrected chi connectivity index (χ2v) is 7.53. The topological polar surface area (TPSA) is 63.2 Å². The largest absolute Gasteiger partial charge is 0.378 e. The molecule has 0 amide bonds. The van der Waals surface area contributed by atoms with Crippen molar-refractivity contribution in [3.05, 3.63) is 72.1 Å². The van der Waals surface area contributed by atoms with Crippen molar-refractivity contribution in [3.8, 4) is 11.1 Å². The Morgan fingerprint density at radius 3 is 2.57 bits per heavy atom. The summed E-state index contributed by atoms with van der Waals surface area (Å²) in [7, 11) is 0. The highest BCUT2D eigenvalue weighted by atomic mass is 35.5. The molecule has 150 valence electrons. The van der Waals surface area contributed by atoms with E-state index in [0.29, 0.717) is 5.02 Å². The fourth-order valence-corrected chi connectivity index (χ4v) is 3.77. The Bertz CT molecular complexity index is 1180. The number of anilines is 3. The van der Waals surface area contributed by atoms with Gasteiger partial charge in [0.2, 0.25) is 0 Å². The molecule has 1 saturated heterocycles. The Morgan fingerprint density at radius 1 is 0.900 bits per heavy atom.